The first kappa shape index (κ1) is 15.5. The second-order valence-corrected chi connectivity index (χ2v) is 6.70. The number of fused-ring (bicyclic) bond motifs is 1. The molecular formula is C17H24N2O2. The van der Waals surface area contributed by atoms with Crippen LogP contribution in [0.15, 0.2) is 18.2 Å². The van der Waals surface area contributed by atoms with Crippen LogP contribution in [0, 0.1) is 0 Å². The van der Waals surface area contributed by atoms with E-state index in [9.17, 15) is 9.90 Å². The first-order valence-corrected chi connectivity index (χ1v) is 7.51. The Morgan fingerprint density at radius 2 is 2.05 bits per heavy atom. The molecule has 1 N–H and O–H groups in total. The van der Waals surface area contributed by atoms with Crippen molar-refractivity contribution in [2.24, 2.45) is 0 Å². The van der Waals surface area contributed by atoms with Crippen LogP contribution >= 0.6 is 0 Å². The molecule has 0 radical (unpaired) electrons. The van der Waals surface area contributed by atoms with E-state index in [1.54, 1.807) is 12.1 Å². The summed E-state index contributed by atoms with van der Waals surface area (Å²) in [6.07, 6.45) is 2.13. The van der Waals surface area contributed by atoms with Gasteiger partial charge in [-0.2, -0.15) is 0 Å². The molecule has 1 aromatic carbocycles. The van der Waals surface area contributed by atoms with Crippen molar-refractivity contribution in [2.45, 2.75) is 58.9 Å². The summed E-state index contributed by atoms with van der Waals surface area (Å²) in [5.41, 5.74) is 2.02. The van der Waals surface area contributed by atoms with Crippen LogP contribution in [-0.4, -0.2) is 20.6 Å². The fourth-order valence-corrected chi connectivity index (χ4v) is 2.75. The van der Waals surface area contributed by atoms with E-state index in [0.717, 1.165) is 29.7 Å². The zero-order valence-corrected chi connectivity index (χ0v) is 13.5. The quantitative estimate of drug-likeness (QED) is 0.907. The zero-order valence-electron chi connectivity index (χ0n) is 13.5. The average molecular weight is 288 g/mol. The lowest BCUT2D eigenvalue weighted by Gasteiger charge is -2.24. The van der Waals surface area contributed by atoms with Crippen molar-refractivity contribution in [1.29, 1.82) is 0 Å². The third-order valence-corrected chi connectivity index (χ3v) is 3.75. The second-order valence-electron chi connectivity index (χ2n) is 6.70. The molecule has 2 aromatic rings. The molecule has 4 nitrogen and oxygen atoms in total. The van der Waals surface area contributed by atoms with Crippen LogP contribution in [0.2, 0.25) is 0 Å². The third kappa shape index (κ3) is 2.94. The number of nitrogens with zero attached hydrogens (tertiary/aromatic N) is 2. The van der Waals surface area contributed by atoms with Crippen molar-refractivity contribution in [2.75, 3.05) is 0 Å². The molecule has 1 atom stereocenters. The van der Waals surface area contributed by atoms with E-state index in [-0.39, 0.29) is 5.41 Å². The van der Waals surface area contributed by atoms with Gasteiger partial charge in [-0.3, -0.25) is 0 Å². The number of rotatable bonds is 4. The number of carbonyl (C=O) groups is 1. The minimum absolute atomic E-state index is 0.0790. The Morgan fingerprint density at radius 3 is 2.57 bits per heavy atom. The lowest BCUT2D eigenvalue weighted by molar-refractivity contribution is 0.0697. The molecule has 0 amide bonds. The molecule has 1 heterocycles. The lowest BCUT2D eigenvalue weighted by atomic mass is 9.95. The van der Waals surface area contributed by atoms with E-state index in [1.165, 1.54) is 0 Å². The Balaban J connectivity index is 2.73. The van der Waals surface area contributed by atoms with Gasteiger partial charge >= 0.3 is 5.97 Å². The highest BCUT2D eigenvalue weighted by Gasteiger charge is 2.25. The highest BCUT2D eigenvalue weighted by atomic mass is 16.4. The van der Waals surface area contributed by atoms with E-state index in [1.807, 2.05) is 6.07 Å². The molecule has 0 aliphatic carbocycles. The molecule has 114 valence electrons. The van der Waals surface area contributed by atoms with E-state index >= 15 is 0 Å². The van der Waals surface area contributed by atoms with Crippen LogP contribution in [0.4, 0.5) is 0 Å². The number of imidazole rings is 1. The van der Waals surface area contributed by atoms with Crippen molar-refractivity contribution in [1.82, 2.24) is 9.55 Å². The van der Waals surface area contributed by atoms with Gasteiger partial charge in [-0.1, -0.05) is 34.1 Å². The minimum atomic E-state index is -0.898. The molecule has 1 unspecified atom stereocenters. The van der Waals surface area contributed by atoms with Gasteiger partial charge in [-0.05, 0) is 31.5 Å². The highest BCUT2D eigenvalue weighted by molar-refractivity contribution is 5.92. The van der Waals surface area contributed by atoms with Gasteiger partial charge in [0.1, 0.15) is 5.82 Å². The van der Waals surface area contributed by atoms with E-state index < -0.39 is 5.97 Å². The number of hydrogen-bond acceptors (Lipinski definition) is 2. The van der Waals surface area contributed by atoms with Gasteiger partial charge < -0.3 is 9.67 Å². The molecule has 0 aliphatic heterocycles. The van der Waals surface area contributed by atoms with Crippen molar-refractivity contribution in [3.05, 3.63) is 29.6 Å². The van der Waals surface area contributed by atoms with Crippen molar-refractivity contribution in [3.8, 4) is 0 Å². The van der Waals surface area contributed by atoms with E-state index in [0.29, 0.717) is 11.6 Å². The predicted octanol–water partition coefficient (Wildman–Crippen LogP) is 4.39. The lowest BCUT2D eigenvalue weighted by Crippen LogP contribution is -2.21. The molecule has 2 rings (SSSR count). The summed E-state index contributed by atoms with van der Waals surface area (Å²) < 4.78 is 2.21. The standard InChI is InChI=1S/C17H24N2O2/c1-6-7-11(2)19-14-10-12(15(20)21)8-9-13(14)18-16(19)17(3,4)5/h8-11H,6-7H2,1-5H3,(H,20,21). The number of aromatic carboxylic acids is 1. The molecule has 0 bridgehead atoms. The molecule has 4 heteroatoms. The van der Waals surface area contributed by atoms with Crippen LogP contribution in [-0.2, 0) is 5.41 Å². The average Bonchev–Trinajstić information content (AvgIpc) is 2.77. The summed E-state index contributed by atoms with van der Waals surface area (Å²) in [5, 5.41) is 9.21. The maximum Gasteiger partial charge on any atom is 0.335 e. The second kappa shape index (κ2) is 5.51. The maximum absolute atomic E-state index is 11.2. The Hall–Kier alpha value is -1.84. The van der Waals surface area contributed by atoms with Gasteiger partial charge in [0, 0.05) is 11.5 Å². The Labute approximate surface area is 125 Å². The Kier molecular flexibility index (Phi) is 4.08. The molecule has 0 saturated carbocycles. The number of benzene rings is 1. The van der Waals surface area contributed by atoms with E-state index in [4.69, 9.17) is 4.98 Å². The van der Waals surface area contributed by atoms with Crippen LogP contribution in [0.25, 0.3) is 11.0 Å². The summed E-state index contributed by atoms with van der Waals surface area (Å²) in [5.74, 6) is 0.117. The molecule has 0 aliphatic rings. The van der Waals surface area contributed by atoms with E-state index in [2.05, 4.69) is 39.2 Å². The molecule has 0 spiro atoms. The van der Waals surface area contributed by atoms with Crippen LogP contribution < -0.4 is 0 Å². The SMILES string of the molecule is CCCC(C)n1c(C(C)(C)C)nc2ccc(C(=O)O)cc21. The fraction of sp³-hybridized carbons (Fsp3) is 0.529. The monoisotopic (exact) mass is 288 g/mol. The molecule has 1 aromatic heterocycles. The summed E-state index contributed by atoms with van der Waals surface area (Å²) in [4.78, 5) is 16.0. The van der Waals surface area contributed by atoms with Gasteiger partial charge in [0.2, 0.25) is 0 Å². The summed E-state index contributed by atoms with van der Waals surface area (Å²) >= 11 is 0. The number of carboxylic acid groups (broad SMARTS) is 1. The van der Waals surface area contributed by atoms with Gasteiger partial charge in [0.15, 0.2) is 0 Å². The summed E-state index contributed by atoms with van der Waals surface area (Å²) in [6, 6.07) is 5.48. The van der Waals surface area contributed by atoms with Gasteiger partial charge in [-0.25, -0.2) is 9.78 Å². The number of hydrogen-bond donors (Lipinski definition) is 1. The highest BCUT2D eigenvalue weighted by Crippen LogP contribution is 2.31. The van der Waals surface area contributed by atoms with Crippen molar-refractivity contribution >= 4 is 17.0 Å². The molecule has 21 heavy (non-hydrogen) atoms. The number of carboxylic acids is 1. The van der Waals surface area contributed by atoms with Crippen molar-refractivity contribution < 1.29 is 9.90 Å². The largest absolute Gasteiger partial charge is 0.478 e. The predicted molar refractivity (Wildman–Crippen MR) is 85.0 cm³/mol. The van der Waals surface area contributed by atoms with Crippen LogP contribution in [0.3, 0.4) is 0 Å². The first-order chi connectivity index (χ1) is 9.75. The van der Waals surface area contributed by atoms with Crippen LogP contribution in [0.1, 0.15) is 69.7 Å². The molecular weight excluding hydrogens is 264 g/mol. The Bertz CT molecular complexity index is 665. The third-order valence-electron chi connectivity index (χ3n) is 3.75. The van der Waals surface area contributed by atoms with Crippen LogP contribution in [0.5, 0.6) is 0 Å². The van der Waals surface area contributed by atoms with Gasteiger partial charge in [-0.15, -0.1) is 0 Å². The smallest absolute Gasteiger partial charge is 0.335 e. The van der Waals surface area contributed by atoms with Gasteiger partial charge in [0.05, 0.1) is 16.6 Å². The topological polar surface area (TPSA) is 55.1 Å². The molecule has 0 fully saturated rings. The van der Waals surface area contributed by atoms with Gasteiger partial charge in [0.25, 0.3) is 0 Å². The first-order valence-electron chi connectivity index (χ1n) is 7.51. The summed E-state index contributed by atoms with van der Waals surface area (Å²) in [6.45, 7) is 10.8. The molecule has 0 saturated heterocycles. The fourth-order valence-electron chi connectivity index (χ4n) is 2.75. The maximum atomic E-state index is 11.2. The number of aromatic nitrogens is 2. The minimum Gasteiger partial charge on any atom is -0.478 e. The Morgan fingerprint density at radius 1 is 1.38 bits per heavy atom. The zero-order chi connectivity index (χ0) is 15.8. The summed E-state index contributed by atoms with van der Waals surface area (Å²) in [7, 11) is 0. The normalized spacial score (nSPS) is 13.6. The van der Waals surface area contributed by atoms with Crippen molar-refractivity contribution in [3.63, 3.8) is 0 Å².